The van der Waals surface area contributed by atoms with E-state index in [1.54, 1.807) is 42.5 Å². The van der Waals surface area contributed by atoms with Crippen LogP contribution in [-0.4, -0.2) is 24.9 Å². The van der Waals surface area contributed by atoms with Crippen LogP contribution in [0.25, 0.3) is 0 Å². The topological polar surface area (TPSA) is 58.2 Å². The highest BCUT2D eigenvalue weighted by molar-refractivity contribution is 5.94. The number of hydrogen-bond acceptors (Lipinski definition) is 2. The van der Waals surface area contributed by atoms with E-state index >= 15 is 0 Å². The number of nitrogens with one attached hydrogen (secondary N) is 2. The fraction of sp³-hybridized carbons (Fsp3) is 0.176. The normalized spacial score (nSPS) is 10.0. The Balaban J connectivity index is 1.69. The van der Waals surface area contributed by atoms with Crippen molar-refractivity contribution in [1.82, 2.24) is 10.6 Å². The second kappa shape index (κ2) is 7.93. The van der Waals surface area contributed by atoms with E-state index in [0.29, 0.717) is 24.2 Å². The molecule has 2 N–H and O–H groups in total. The SMILES string of the molecule is O=C(Cc1ccccc1F)NCCNC(=O)c1ccccc1. The van der Waals surface area contributed by atoms with Crippen LogP contribution >= 0.6 is 0 Å². The van der Waals surface area contributed by atoms with E-state index in [9.17, 15) is 14.0 Å². The molecule has 0 aromatic heterocycles. The summed E-state index contributed by atoms with van der Waals surface area (Å²) in [5.41, 5.74) is 0.925. The van der Waals surface area contributed by atoms with Gasteiger partial charge in [0.15, 0.2) is 0 Å². The number of benzene rings is 2. The van der Waals surface area contributed by atoms with Crippen LogP contribution in [0.4, 0.5) is 4.39 Å². The Labute approximate surface area is 128 Å². The van der Waals surface area contributed by atoms with Gasteiger partial charge in [-0.2, -0.15) is 0 Å². The molecule has 0 aliphatic heterocycles. The van der Waals surface area contributed by atoms with Crippen molar-refractivity contribution in [3.05, 3.63) is 71.5 Å². The van der Waals surface area contributed by atoms with Gasteiger partial charge in [-0.1, -0.05) is 36.4 Å². The number of rotatable bonds is 6. The Morgan fingerprint density at radius 3 is 2.23 bits per heavy atom. The van der Waals surface area contributed by atoms with Crippen molar-refractivity contribution < 1.29 is 14.0 Å². The van der Waals surface area contributed by atoms with E-state index in [4.69, 9.17) is 0 Å². The van der Waals surface area contributed by atoms with Gasteiger partial charge in [0.25, 0.3) is 5.91 Å². The Bertz CT molecular complexity index is 644. The van der Waals surface area contributed by atoms with E-state index in [0.717, 1.165) is 0 Å². The monoisotopic (exact) mass is 300 g/mol. The van der Waals surface area contributed by atoms with Gasteiger partial charge >= 0.3 is 0 Å². The zero-order chi connectivity index (χ0) is 15.8. The quantitative estimate of drug-likeness (QED) is 0.801. The van der Waals surface area contributed by atoms with Gasteiger partial charge < -0.3 is 10.6 Å². The minimum absolute atomic E-state index is 0.0146. The number of amides is 2. The van der Waals surface area contributed by atoms with Gasteiger partial charge in [-0.3, -0.25) is 9.59 Å². The molecule has 0 fully saturated rings. The van der Waals surface area contributed by atoms with Crippen molar-refractivity contribution in [1.29, 1.82) is 0 Å². The Morgan fingerprint density at radius 2 is 1.50 bits per heavy atom. The summed E-state index contributed by atoms with van der Waals surface area (Å²) in [6, 6.07) is 15.0. The summed E-state index contributed by atoms with van der Waals surface area (Å²) in [6.45, 7) is 0.614. The predicted octanol–water partition coefficient (Wildman–Crippen LogP) is 1.91. The van der Waals surface area contributed by atoms with Gasteiger partial charge in [-0.05, 0) is 23.8 Å². The first-order valence-corrected chi connectivity index (χ1v) is 7.00. The van der Waals surface area contributed by atoms with E-state index in [2.05, 4.69) is 10.6 Å². The molecule has 2 aromatic rings. The van der Waals surface area contributed by atoms with Crippen LogP contribution in [0.2, 0.25) is 0 Å². The largest absolute Gasteiger partial charge is 0.354 e. The molecule has 5 heteroatoms. The molecule has 0 radical (unpaired) electrons. The van der Waals surface area contributed by atoms with Crippen molar-refractivity contribution >= 4 is 11.8 Å². The highest BCUT2D eigenvalue weighted by atomic mass is 19.1. The Kier molecular flexibility index (Phi) is 5.65. The minimum Gasteiger partial charge on any atom is -0.354 e. The van der Waals surface area contributed by atoms with Crippen LogP contribution < -0.4 is 10.6 Å². The van der Waals surface area contributed by atoms with E-state index < -0.39 is 5.82 Å². The standard InChI is InChI=1S/C17H17FN2O2/c18-15-9-5-4-8-14(15)12-16(21)19-10-11-20-17(22)13-6-2-1-3-7-13/h1-9H,10-12H2,(H,19,21)(H,20,22). The van der Waals surface area contributed by atoms with Crippen LogP contribution in [0.15, 0.2) is 54.6 Å². The fourth-order valence-corrected chi connectivity index (χ4v) is 1.95. The molecule has 0 aliphatic rings. The summed E-state index contributed by atoms with van der Waals surface area (Å²) in [5.74, 6) is -0.863. The van der Waals surface area contributed by atoms with Crippen LogP contribution in [0.5, 0.6) is 0 Å². The van der Waals surface area contributed by atoms with E-state index in [1.165, 1.54) is 6.07 Å². The summed E-state index contributed by atoms with van der Waals surface area (Å²) < 4.78 is 13.4. The lowest BCUT2D eigenvalue weighted by atomic mass is 10.1. The third-order valence-corrected chi connectivity index (χ3v) is 3.08. The highest BCUT2D eigenvalue weighted by Gasteiger charge is 2.07. The number of hydrogen-bond donors (Lipinski definition) is 2. The third kappa shape index (κ3) is 4.70. The molecule has 2 amide bonds. The number of carbonyl (C=O) groups excluding carboxylic acids is 2. The molecule has 4 nitrogen and oxygen atoms in total. The van der Waals surface area contributed by atoms with Crippen molar-refractivity contribution in [2.24, 2.45) is 0 Å². The lowest BCUT2D eigenvalue weighted by molar-refractivity contribution is -0.120. The van der Waals surface area contributed by atoms with Gasteiger partial charge in [-0.15, -0.1) is 0 Å². The second-order valence-electron chi connectivity index (χ2n) is 4.74. The molecule has 0 saturated carbocycles. The first-order chi connectivity index (χ1) is 10.7. The first kappa shape index (κ1) is 15.7. The molecule has 22 heavy (non-hydrogen) atoms. The van der Waals surface area contributed by atoms with E-state index in [1.807, 2.05) is 6.07 Å². The predicted molar refractivity (Wildman–Crippen MR) is 81.9 cm³/mol. The number of carbonyl (C=O) groups is 2. The van der Waals surface area contributed by atoms with Crippen molar-refractivity contribution in [2.75, 3.05) is 13.1 Å². The second-order valence-corrected chi connectivity index (χ2v) is 4.74. The fourth-order valence-electron chi connectivity index (χ4n) is 1.95. The molecule has 0 saturated heterocycles. The van der Waals surface area contributed by atoms with Crippen LogP contribution in [0, 0.1) is 5.82 Å². The Hall–Kier alpha value is -2.69. The van der Waals surface area contributed by atoms with Crippen molar-refractivity contribution in [2.45, 2.75) is 6.42 Å². The first-order valence-electron chi connectivity index (χ1n) is 7.00. The summed E-state index contributed by atoms with van der Waals surface area (Å²) in [6.07, 6.45) is -0.0146. The molecule has 0 aliphatic carbocycles. The lowest BCUT2D eigenvalue weighted by Crippen LogP contribution is -2.35. The lowest BCUT2D eigenvalue weighted by Gasteiger charge is -2.07. The van der Waals surface area contributed by atoms with Gasteiger partial charge in [0, 0.05) is 18.7 Å². The van der Waals surface area contributed by atoms with Gasteiger partial charge in [0.2, 0.25) is 5.91 Å². The maximum absolute atomic E-state index is 13.4. The third-order valence-electron chi connectivity index (χ3n) is 3.08. The van der Waals surface area contributed by atoms with Crippen LogP contribution in [0.3, 0.4) is 0 Å². The highest BCUT2D eigenvalue weighted by Crippen LogP contribution is 2.06. The molecule has 0 heterocycles. The van der Waals surface area contributed by atoms with Crippen LogP contribution in [-0.2, 0) is 11.2 Å². The molecule has 2 rings (SSSR count). The van der Waals surface area contributed by atoms with Gasteiger partial charge in [0.05, 0.1) is 6.42 Å². The zero-order valence-corrected chi connectivity index (χ0v) is 12.0. The summed E-state index contributed by atoms with van der Waals surface area (Å²) >= 11 is 0. The maximum atomic E-state index is 13.4. The summed E-state index contributed by atoms with van der Waals surface area (Å²) in [7, 11) is 0. The molecule has 2 aromatic carbocycles. The van der Waals surface area contributed by atoms with E-state index in [-0.39, 0.29) is 18.2 Å². The average Bonchev–Trinajstić information content (AvgIpc) is 2.54. The smallest absolute Gasteiger partial charge is 0.251 e. The van der Waals surface area contributed by atoms with Crippen molar-refractivity contribution in [3.8, 4) is 0 Å². The minimum atomic E-state index is -0.393. The Morgan fingerprint density at radius 1 is 0.864 bits per heavy atom. The molecule has 0 bridgehead atoms. The zero-order valence-electron chi connectivity index (χ0n) is 12.0. The van der Waals surface area contributed by atoms with Crippen molar-refractivity contribution in [3.63, 3.8) is 0 Å². The molecular formula is C17H17FN2O2. The molecule has 0 spiro atoms. The summed E-state index contributed by atoms with van der Waals surface area (Å²) in [5, 5.41) is 5.35. The molecule has 0 atom stereocenters. The molecular weight excluding hydrogens is 283 g/mol. The van der Waals surface area contributed by atoms with Crippen LogP contribution in [0.1, 0.15) is 15.9 Å². The molecule has 114 valence electrons. The summed E-state index contributed by atoms with van der Waals surface area (Å²) in [4.78, 5) is 23.4. The van der Waals surface area contributed by atoms with Gasteiger partial charge in [0.1, 0.15) is 5.82 Å². The van der Waals surface area contributed by atoms with Gasteiger partial charge in [-0.25, -0.2) is 4.39 Å². The average molecular weight is 300 g/mol. The molecule has 0 unspecified atom stereocenters. The number of halogens is 1. The maximum Gasteiger partial charge on any atom is 0.251 e.